The lowest BCUT2D eigenvalue weighted by molar-refractivity contribution is -0.139. The highest BCUT2D eigenvalue weighted by Crippen LogP contribution is 2.65. The molecule has 4 aromatic carbocycles. The van der Waals surface area contributed by atoms with E-state index in [2.05, 4.69) is 0 Å². The van der Waals surface area contributed by atoms with Gasteiger partial charge in [-0.2, -0.15) is 0 Å². The molecule has 10 heteroatoms. The highest BCUT2D eigenvalue weighted by molar-refractivity contribution is 6.01. The zero-order chi connectivity index (χ0) is 28.3. The van der Waals surface area contributed by atoms with E-state index in [4.69, 9.17) is 14.2 Å². The molecule has 2 aliphatic heterocycles. The van der Waals surface area contributed by atoms with E-state index in [0.29, 0.717) is 11.1 Å². The van der Waals surface area contributed by atoms with E-state index in [9.17, 15) is 35.4 Å². The number of rotatable bonds is 4. The molecule has 4 aromatic rings. The Labute approximate surface area is 226 Å². The second-order valence-corrected chi connectivity index (χ2v) is 9.46. The third kappa shape index (κ3) is 3.53. The Kier molecular flexibility index (Phi) is 5.44. The van der Waals surface area contributed by atoms with E-state index in [1.807, 2.05) is 0 Å². The van der Waals surface area contributed by atoms with Gasteiger partial charge in [0.15, 0.2) is 16.9 Å². The number of phenolic OH excluding ortho intramolecular Hbond substituents is 6. The summed E-state index contributed by atoms with van der Waals surface area (Å²) < 4.78 is 17.4. The van der Waals surface area contributed by atoms with Gasteiger partial charge in [0.25, 0.3) is 0 Å². The first-order valence-corrected chi connectivity index (χ1v) is 12.0. The number of fused-ring (bicyclic) bond motifs is 4. The van der Waals surface area contributed by atoms with Gasteiger partial charge >= 0.3 is 5.97 Å². The lowest BCUT2D eigenvalue weighted by atomic mass is 9.68. The van der Waals surface area contributed by atoms with Gasteiger partial charge in [0.1, 0.15) is 40.6 Å². The number of carbonyl (C=O) groups excluding carboxylic acids is 1. The first-order valence-electron chi connectivity index (χ1n) is 12.0. The van der Waals surface area contributed by atoms with Crippen molar-refractivity contribution in [1.29, 1.82) is 0 Å². The zero-order valence-electron chi connectivity index (χ0n) is 20.8. The fraction of sp³-hybridized carbons (Fsp3) is 0.100. The molecule has 0 bridgehead atoms. The van der Waals surface area contributed by atoms with E-state index in [1.54, 1.807) is 24.3 Å². The van der Waals surface area contributed by atoms with E-state index in [1.165, 1.54) is 49.6 Å². The van der Waals surface area contributed by atoms with Gasteiger partial charge in [0.2, 0.25) is 5.75 Å². The molecule has 202 valence electrons. The molecule has 40 heavy (non-hydrogen) atoms. The van der Waals surface area contributed by atoms with Crippen molar-refractivity contribution >= 4 is 18.1 Å². The van der Waals surface area contributed by atoms with Gasteiger partial charge in [-0.25, -0.2) is 0 Å². The molecule has 6 rings (SSSR count). The fourth-order valence-corrected chi connectivity index (χ4v) is 5.51. The Hall–Kier alpha value is -5.51. The van der Waals surface area contributed by atoms with Crippen molar-refractivity contribution in [1.82, 2.24) is 0 Å². The number of aromatic hydroxyl groups is 6. The van der Waals surface area contributed by atoms with Crippen molar-refractivity contribution in [2.75, 3.05) is 7.11 Å². The van der Waals surface area contributed by atoms with Crippen LogP contribution in [0.1, 0.15) is 33.9 Å². The summed E-state index contributed by atoms with van der Waals surface area (Å²) >= 11 is 0. The van der Waals surface area contributed by atoms with Gasteiger partial charge in [0, 0.05) is 23.8 Å². The molecule has 0 saturated heterocycles. The van der Waals surface area contributed by atoms with Crippen molar-refractivity contribution < 1.29 is 49.6 Å². The quantitative estimate of drug-likeness (QED) is 0.123. The Morgan fingerprint density at radius 2 is 1.45 bits per heavy atom. The predicted molar refractivity (Wildman–Crippen MR) is 141 cm³/mol. The highest BCUT2D eigenvalue weighted by Gasteiger charge is 2.65. The second kappa shape index (κ2) is 8.77. The molecular formula is C30H22O10. The van der Waals surface area contributed by atoms with Crippen molar-refractivity contribution in [3.05, 3.63) is 88.5 Å². The number of hydrogen-bond acceptors (Lipinski definition) is 10. The van der Waals surface area contributed by atoms with Crippen LogP contribution >= 0.6 is 0 Å². The first kappa shape index (κ1) is 24.8. The summed E-state index contributed by atoms with van der Waals surface area (Å²) in [5, 5.41) is 61.8. The van der Waals surface area contributed by atoms with Crippen LogP contribution in [0.25, 0.3) is 12.2 Å². The molecular weight excluding hydrogens is 520 g/mol. The van der Waals surface area contributed by atoms with Crippen LogP contribution in [-0.2, 0) is 10.2 Å². The molecule has 10 nitrogen and oxygen atoms in total. The molecule has 0 radical (unpaired) electrons. The van der Waals surface area contributed by atoms with Crippen LogP contribution in [0.4, 0.5) is 0 Å². The number of benzene rings is 4. The maximum absolute atomic E-state index is 14.0. The summed E-state index contributed by atoms with van der Waals surface area (Å²) in [4.78, 5) is 14.0. The first-order chi connectivity index (χ1) is 19.1. The number of esters is 1. The van der Waals surface area contributed by atoms with E-state index < -0.39 is 23.2 Å². The molecule has 0 aromatic heterocycles. The molecule has 6 N–H and O–H groups in total. The van der Waals surface area contributed by atoms with Crippen LogP contribution in [-0.4, -0.2) is 43.7 Å². The summed E-state index contributed by atoms with van der Waals surface area (Å²) in [5.41, 5.74) is -0.491. The number of carbonyl (C=O) groups is 1. The molecule has 0 saturated carbocycles. The summed E-state index contributed by atoms with van der Waals surface area (Å²) in [5.74, 6) is -2.46. The number of ether oxygens (including phenoxy) is 3. The molecule has 2 unspecified atom stereocenters. The minimum absolute atomic E-state index is 0.0206. The van der Waals surface area contributed by atoms with Crippen molar-refractivity contribution in [2.45, 2.75) is 11.5 Å². The van der Waals surface area contributed by atoms with Gasteiger partial charge in [0.05, 0.1) is 12.7 Å². The van der Waals surface area contributed by atoms with Gasteiger partial charge in [-0.3, -0.25) is 4.79 Å². The Morgan fingerprint density at radius 1 is 0.775 bits per heavy atom. The average Bonchev–Trinajstić information content (AvgIpc) is 3.38. The van der Waals surface area contributed by atoms with Gasteiger partial charge in [-0.15, -0.1) is 0 Å². The van der Waals surface area contributed by atoms with Crippen LogP contribution in [0, 0.1) is 0 Å². The fourth-order valence-electron chi connectivity index (χ4n) is 5.51. The zero-order valence-corrected chi connectivity index (χ0v) is 20.8. The van der Waals surface area contributed by atoms with Crippen LogP contribution in [0.5, 0.6) is 51.7 Å². The normalized spacial score (nSPS) is 18.9. The van der Waals surface area contributed by atoms with E-state index in [-0.39, 0.29) is 62.7 Å². The summed E-state index contributed by atoms with van der Waals surface area (Å²) in [7, 11) is 1.30. The minimum Gasteiger partial charge on any atom is -0.508 e. The molecule has 0 amide bonds. The standard InChI is InChI=1S/C30H22O10/c1-38-26-22(36)10-16(3-2-14-8-18(32)11-19(33)9-14)24-27(26)40-29(37)30(24)25-21(35)12-20(34)13-23(25)39-28(30)15-4-6-17(31)7-5-15/h2-13,28,31-36H,1H3. The third-order valence-corrected chi connectivity index (χ3v) is 7.04. The van der Waals surface area contributed by atoms with Gasteiger partial charge < -0.3 is 44.8 Å². The van der Waals surface area contributed by atoms with Crippen molar-refractivity contribution in [2.24, 2.45) is 0 Å². The minimum atomic E-state index is -1.85. The Balaban J connectivity index is 1.68. The highest BCUT2D eigenvalue weighted by atomic mass is 16.6. The van der Waals surface area contributed by atoms with Crippen molar-refractivity contribution in [3.63, 3.8) is 0 Å². The molecule has 2 atom stereocenters. The summed E-state index contributed by atoms with van der Waals surface area (Å²) in [6.45, 7) is 0. The van der Waals surface area contributed by atoms with Crippen LogP contribution in [0.2, 0.25) is 0 Å². The van der Waals surface area contributed by atoms with Crippen molar-refractivity contribution in [3.8, 4) is 51.7 Å². The maximum Gasteiger partial charge on any atom is 0.331 e. The SMILES string of the molecule is COc1c(O)cc(C=Cc2cc(O)cc(O)c2)c2c1OC(=O)C21c2c(O)cc(O)cc2OC1c1ccc(O)cc1. The molecule has 2 aliphatic rings. The largest absolute Gasteiger partial charge is 0.508 e. The number of hydrogen-bond donors (Lipinski definition) is 6. The number of phenols is 6. The predicted octanol–water partition coefficient (Wildman–Crippen LogP) is 4.44. The molecule has 2 heterocycles. The summed E-state index contributed by atoms with van der Waals surface area (Å²) in [6, 6.07) is 13.6. The molecule has 1 spiro atoms. The van der Waals surface area contributed by atoms with Crippen LogP contribution in [0.15, 0.2) is 60.7 Å². The second-order valence-electron chi connectivity index (χ2n) is 9.46. The third-order valence-electron chi connectivity index (χ3n) is 7.04. The smallest absolute Gasteiger partial charge is 0.331 e. The summed E-state index contributed by atoms with van der Waals surface area (Å²) in [6.07, 6.45) is 1.94. The monoisotopic (exact) mass is 542 g/mol. The molecule has 0 aliphatic carbocycles. The van der Waals surface area contributed by atoms with E-state index >= 15 is 0 Å². The van der Waals surface area contributed by atoms with Crippen LogP contribution < -0.4 is 14.2 Å². The maximum atomic E-state index is 14.0. The van der Waals surface area contributed by atoms with E-state index in [0.717, 1.165) is 6.07 Å². The lowest BCUT2D eigenvalue weighted by Crippen LogP contribution is -2.40. The Morgan fingerprint density at radius 3 is 2.12 bits per heavy atom. The molecule has 0 fully saturated rings. The van der Waals surface area contributed by atoms with Crippen LogP contribution in [0.3, 0.4) is 0 Å². The number of methoxy groups -OCH3 is 1. The van der Waals surface area contributed by atoms with Gasteiger partial charge in [-0.05, 0) is 47.0 Å². The Bertz CT molecular complexity index is 1700. The topological polar surface area (TPSA) is 166 Å². The average molecular weight is 542 g/mol. The lowest BCUT2D eigenvalue weighted by Gasteiger charge is -2.29. The van der Waals surface area contributed by atoms with Gasteiger partial charge in [-0.1, -0.05) is 24.3 Å².